The summed E-state index contributed by atoms with van der Waals surface area (Å²) in [5.74, 6) is 0.646. The van der Waals surface area contributed by atoms with Gasteiger partial charge in [0.15, 0.2) is 0 Å². The minimum atomic E-state index is -2.82. The standard InChI is InChI=1S/C10H11ClF2OS/c11-6-2-4-7-3-1-5-8(9(7)15)14-10(12)13/h1,3,5,10,15H,2,4,6H2. The van der Waals surface area contributed by atoms with Gasteiger partial charge < -0.3 is 4.74 Å². The molecular formula is C10H11ClF2OS. The molecule has 0 aliphatic heterocycles. The van der Waals surface area contributed by atoms with E-state index in [9.17, 15) is 8.78 Å². The molecule has 0 atom stereocenters. The molecule has 5 heteroatoms. The van der Waals surface area contributed by atoms with E-state index in [1.54, 1.807) is 6.07 Å². The Hall–Kier alpha value is -0.480. The van der Waals surface area contributed by atoms with Crippen molar-refractivity contribution >= 4 is 24.2 Å². The molecule has 1 aromatic carbocycles. The fraction of sp³-hybridized carbons (Fsp3) is 0.400. The third-order valence-corrected chi connectivity index (χ3v) is 2.65. The number of ether oxygens (including phenoxy) is 1. The lowest BCUT2D eigenvalue weighted by Crippen LogP contribution is -2.03. The van der Waals surface area contributed by atoms with E-state index in [-0.39, 0.29) is 5.75 Å². The largest absolute Gasteiger partial charge is 0.434 e. The Bertz CT molecular complexity index is 320. The summed E-state index contributed by atoms with van der Waals surface area (Å²) >= 11 is 9.71. The molecule has 0 heterocycles. The molecular weight excluding hydrogens is 242 g/mol. The van der Waals surface area contributed by atoms with Gasteiger partial charge >= 0.3 is 6.61 Å². The monoisotopic (exact) mass is 252 g/mol. The number of hydrogen-bond donors (Lipinski definition) is 1. The molecule has 0 spiro atoms. The van der Waals surface area contributed by atoms with Gasteiger partial charge in [0.1, 0.15) is 5.75 Å². The zero-order valence-electron chi connectivity index (χ0n) is 7.92. The van der Waals surface area contributed by atoms with Crippen LogP contribution in [0.1, 0.15) is 12.0 Å². The van der Waals surface area contributed by atoms with Crippen LogP contribution in [0.15, 0.2) is 23.1 Å². The number of hydrogen-bond acceptors (Lipinski definition) is 2. The number of benzene rings is 1. The van der Waals surface area contributed by atoms with Gasteiger partial charge in [-0.1, -0.05) is 12.1 Å². The Kier molecular flexibility index (Phi) is 5.19. The van der Waals surface area contributed by atoms with Crippen LogP contribution >= 0.6 is 24.2 Å². The molecule has 84 valence electrons. The van der Waals surface area contributed by atoms with Crippen molar-refractivity contribution in [3.63, 3.8) is 0 Å². The van der Waals surface area contributed by atoms with Gasteiger partial charge in [0.2, 0.25) is 0 Å². The topological polar surface area (TPSA) is 9.23 Å². The Morgan fingerprint density at radius 1 is 1.40 bits per heavy atom. The van der Waals surface area contributed by atoms with Gasteiger partial charge in [-0.05, 0) is 24.5 Å². The highest BCUT2D eigenvalue weighted by Crippen LogP contribution is 2.28. The molecule has 1 rings (SSSR count). The molecule has 0 radical (unpaired) electrons. The van der Waals surface area contributed by atoms with Crippen LogP contribution in [0.3, 0.4) is 0 Å². The Labute approximate surface area is 97.8 Å². The maximum atomic E-state index is 12.0. The maximum Gasteiger partial charge on any atom is 0.387 e. The van der Waals surface area contributed by atoms with Crippen LogP contribution in [0.4, 0.5) is 8.78 Å². The fourth-order valence-corrected chi connectivity index (χ4v) is 1.67. The van der Waals surface area contributed by atoms with E-state index in [1.165, 1.54) is 6.07 Å². The lowest BCUT2D eigenvalue weighted by molar-refractivity contribution is -0.0517. The van der Waals surface area contributed by atoms with Crippen LogP contribution in [0.2, 0.25) is 0 Å². The fourth-order valence-electron chi connectivity index (χ4n) is 1.22. The van der Waals surface area contributed by atoms with Gasteiger partial charge in [-0.3, -0.25) is 0 Å². The van der Waals surface area contributed by atoms with E-state index in [1.807, 2.05) is 6.07 Å². The van der Waals surface area contributed by atoms with E-state index in [4.69, 9.17) is 11.6 Å². The molecule has 0 fully saturated rings. The molecule has 15 heavy (non-hydrogen) atoms. The normalized spacial score (nSPS) is 10.7. The summed E-state index contributed by atoms with van der Waals surface area (Å²) in [4.78, 5) is 0.461. The van der Waals surface area contributed by atoms with Crippen LogP contribution in [-0.2, 0) is 6.42 Å². The van der Waals surface area contributed by atoms with Crippen LogP contribution in [0.5, 0.6) is 5.75 Å². The second kappa shape index (κ2) is 6.18. The third kappa shape index (κ3) is 3.87. The van der Waals surface area contributed by atoms with Gasteiger partial charge in [-0.15, -0.1) is 24.2 Å². The van der Waals surface area contributed by atoms with Gasteiger partial charge in [0, 0.05) is 10.8 Å². The molecule has 1 nitrogen and oxygen atoms in total. The summed E-state index contributed by atoms with van der Waals surface area (Å²) in [5.41, 5.74) is 0.872. The number of halogens is 3. The quantitative estimate of drug-likeness (QED) is 0.620. The minimum Gasteiger partial charge on any atom is -0.434 e. The predicted octanol–water partition coefficient (Wildman–Crippen LogP) is 3.75. The molecule has 0 aliphatic carbocycles. The smallest absolute Gasteiger partial charge is 0.387 e. The first-order valence-corrected chi connectivity index (χ1v) is 5.45. The predicted molar refractivity (Wildman–Crippen MR) is 59.4 cm³/mol. The second-order valence-corrected chi connectivity index (χ2v) is 3.76. The lowest BCUT2D eigenvalue weighted by Gasteiger charge is -2.10. The van der Waals surface area contributed by atoms with Crippen molar-refractivity contribution in [3.05, 3.63) is 23.8 Å². The number of thiol groups is 1. The lowest BCUT2D eigenvalue weighted by atomic mass is 10.1. The zero-order valence-corrected chi connectivity index (χ0v) is 9.57. The Morgan fingerprint density at radius 2 is 2.13 bits per heavy atom. The van der Waals surface area contributed by atoms with E-state index in [0.717, 1.165) is 12.0 Å². The first-order valence-electron chi connectivity index (χ1n) is 4.46. The van der Waals surface area contributed by atoms with E-state index < -0.39 is 6.61 Å². The summed E-state index contributed by atoms with van der Waals surface area (Å²) in [7, 11) is 0. The summed E-state index contributed by atoms with van der Waals surface area (Å²) in [6, 6.07) is 4.97. The number of aryl methyl sites for hydroxylation is 1. The molecule has 0 N–H and O–H groups in total. The van der Waals surface area contributed by atoms with Crippen LogP contribution < -0.4 is 4.74 Å². The Balaban J connectivity index is 2.80. The third-order valence-electron chi connectivity index (χ3n) is 1.88. The second-order valence-electron chi connectivity index (χ2n) is 2.93. The summed E-state index contributed by atoms with van der Waals surface area (Å²) < 4.78 is 28.3. The highest BCUT2D eigenvalue weighted by Gasteiger charge is 2.10. The maximum absolute atomic E-state index is 12.0. The van der Waals surface area contributed by atoms with Crippen molar-refractivity contribution < 1.29 is 13.5 Å². The zero-order chi connectivity index (χ0) is 11.3. The Morgan fingerprint density at radius 3 is 2.73 bits per heavy atom. The van der Waals surface area contributed by atoms with Crippen molar-refractivity contribution in [3.8, 4) is 5.75 Å². The number of alkyl halides is 3. The molecule has 0 aliphatic rings. The average molecular weight is 253 g/mol. The van der Waals surface area contributed by atoms with Gasteiger partial charge in [0.25, 0.3) is 0 Å². The van der Waals surface area contributed by atoms with Crippen molar-refractivity contribution in [2.45, 2.75) is 24.3 Å². The first kappa shape index (κ1) is 12.6. The average Bonchev–Trinajstić information content (AvgIpc) is 2.19. The van der Waals surface area contributed by atoms with Crippen LogP contribution in [0, 0.1) is 0 Å². The van der Waals surface area contributed by atoms with Crippen molar-refractivity contribution in [1.29, 1.82) is 0 Å². The van der Waals surface area contributed by atoms with Gasteiger partial charge in [-0.2, -0.15) is 8.78 Å². The first-order chi connectivity index (χ1) is 7.15. The molecule has 1 aromatic rings. The minimum absolute atomic E-state index is 0.111. The molecule has 0 unspecified atom stereocenters. The van der Waals surface area contributed by atoms with Gasteiger partial charge in [0.05, 0.1) is 0 Å². The summed E-state index contributed by atoms with van der Waals surface area (Å²) in [6.07, 6.45) is 1.50. The van der Waals surface area contributed by atoms with Crippen molar-refractivity contribution in [2.24, 2.45) is 0 Å². The molecule has 0 aromatic heterocycles. The molecule has 0 amide bonds. The number of rotatable bonds is 5. The summed E-state index contributed by atoms with van der Waals surface area (Å²) in [5, 5.41) is 0. The van der Waals surface area contributed by atoms with Crippen molar-refractivity contribution in [1.82, 2.24) is 0 Å². The molecule has 0 bridgehead atoms. The highest BCUT2D eigenvalue weighted by atomic mass is 35.5. The van der Waals surface area contributed by atoms with Crippen LogP contribution in [0.25, 0.3) is 0 Å². The summed E-state index contributed by atoms with van der Waals surface area (Å²) in [6.45, 7) is -2.82. The molecule has 0 saturated carbocycles. The van der Waals surface area contributed by atoms with E-state index in [0.29, 0.717) is 17.2 Å². The highest BCUT2D eigenvalue weighted by molar-refractivity contribution is 7.80. The van der Waals surface area contributed by atoms with Crippen molar-refractivity contribution in [2.75, 3.05) is 5.88 Å². The van der Waals surface area contributed by atoms with Crippen LogP contribution in [-0.4, -0.2) is 12.5 Å². The SMILES string of the molecule is FC(F)Oc1cccc(CCCCl)c1S. The molecule has 0 saturated heterocycles. The van der Waals surface area contributed by atoms with E-state index in [2.05, 4.69) is 17.4 Å². The van der Waals surface area contributed by atoms with Gasteiger partial charge in [-0.25, -0.2) is 0 Å². The van der Waals surface area contributed by atoms with E-state index >= 15 is 0 Å².